The van der Waals surface area contributed by atoms with E-state index in [1.807, 2.05) is 16.8 Å². The molecule has 2 heterocycles. The van der Waals surface area contributed by atoms with Crippen LogP contribution in [-0.2, 0) is 27.5 Å². The van der Waals surface area contributed by atoms with Crippen molar-refractivity contribution in [1.29, 1.82) is 0 Å². The van der Waals surface area contributed by atoms with Crippen molar-refractivity contribution in [1.82, 2.24) is 19.3 Å². The van der Waals surface area contributed by atoms with Crippen molar-refractivity contribution in [3.05, 3.63) is 71.6 Å². The maximum absolute atomic E-state index is 13.0. The fourth-order valence-corrected chi connectivity index (χ4v) is 4.21. The summed E-state index contributed by atoms with van der Waals surface area (Å²) in [6, 6.07) is 11.1. The highest BCUT2D eigenvalue weighted by atomic mass is 35.5. The van der Waals surface area contributed by atoms with E-state index in [9.17, 15) is 21.6 Å². The van der Waals surface area contributed by atoms with Crippen LogP contribution in [0.2, 0.25) is 5.02 Å². The third-order valence-corrected chi connectivity index (χ3v) is 6.24. The first-order valence-electron chi connectivity index (χ1n) is 11.2. The molecule has 202 valence electrons. The molecule has 2 aromatic heterocycles. The van der Waals surface area contributed by atoms with Crippen molar-refractivity contribution in [2.45, 2.75) is 12.7 Å². The molecule has 4 aromatic rings. The SMILES string of the molecule is CS(=O)(=O)NCCOCCn1ccc2ncnc(Nc3ccc(Oc4cccc(C(F)(F)F)c4)c(Cl)c3)c21. The maximum Gasteiger partial charge on any atom is 0.416 e. The quantitative estimate of drug-likeness (QED) is 0.239. The van der Waals surface area contributed by atoms with E-state index in [4.69, 9.17) is 21.1 Å². The van der Waals surface area contributed by atoms with E-state index < -0.39 is 21.8 Å². The van der Waals surface area contributed by atoms with Crippen LogP contribution in [0.3, 0.4) is 0 Å². The fraction of sp³-hybridized carbons (Fsp3) is 0.250. The van der Waals surface area contributed by atoms with E-state index in [2.05, 4.69) is 20.0 Å². The summed E-state index contributed by atoms with van der Waals surface area (Å²) in [5.74, 6) is 0.698. The number of alkyl halides is 3. The molecule has 0 saturated heterocycles. The topological polar surface area (TPSA) is 107 Å². The molecular formula is C24H23ClF3N5O4S. The van der Waals surface area contributed by atoms with E-state index in [0.29, 0.717) is 35.7 Å². The molecule has 38 heavy (non-hydrogen) atoms. The summed E-state index contributed by atoms with van der Waals surface area (Å²) in [5, 5.41) is 3.37. The number of nitrogens with one attached hydrogen (secondary N) is 2. The second kappa shape index (κ2) is 11.6. The van der Waals surface area contributed by atoms with Gasteiger partial charge in [-0.25, -0.2) is 23.1 Å². The van der Waals surface area contributed by atoms with E-state index in [1.165, 1.54) is 18.5 Å². The van der Waals surface area contributed by atoms with Gasteiger partial charge in [-0.1, -0.05) is 17.7 Å². The first-order valence-corrected chi connectivity index (χ1v) is 13.5. The van der Waals surface area contributed by atoms with Gasteiger partial charge in [0.05, 0.1) is 35.6 Å². The first kappa shape index (κ1) is 27.6. The van der Waals surface area contributed by atoms with Crippen molar-refractivity contribution < 1.29 is 31.1 Å². The van der Waals surface area contributed by atoms with Gasteiger partial charge < -0.3 is 19.4 Å². The third-order valence-electron chi connectivity index (χ3n) is 5.22. The molecule has 2 N–H and O–H groups in total. The van der Waals surface area contributed by atoms with Crippen molar-refractivity contribution >= 4 is 44.2 Å². The molecule has 0 fully saturated rings. The minimum Gasteiger partial charge on any atom is -0.456 e. The summed E-state index contributed by atoms with van der Waals surface area (Å²) in [6.07, 6.45) is -0.159. The highest BCUT2D eigenvalue weighted by Crippen LogP contribution is 2.36. The van der Waals surface area contributed by atoms with Crippen LogP contribution in [0.25, 0.3) is 11.0 Å². The Bertz CT molecular complexity index is 1530. The molecule has 0 unspecified atom stereocenters. The standard InChI is InChI=1S/C24H23ClF3N5O4S/c1-38(34,35)31-8-11-36-12-10-33-9-7-20-22(33)23(30-15-29-20)32-17-5-6-21(19(25)14-17)37-18-4-2-3-16(13-18)24(26,27)28/h2-7,9,13-15,31H,8,10-12H2,1H3,(H,29,30,32). The number of aromatic nitrogens is 3. The predicted octanol–water partition coefficient (Wildman–Crippen LogP) is 5.21. The molecule has 2 aromatic carbocycles. The van der Waals surface area contributed by atoms with Gasteiger partial charge in [-0.2, -0.15) is 13.2 Å². The van der Waals surface area contributed by atoms with Gasteiger partial charge in [0.1, 0.15) is 23.3 Å². The van der Waals surface area contributed by atoms with Gasteiger partial charge >= 0.3 is 6.18 Å². The zero-order valence-electron chi connectivity index (χ0n) is 20.0. The molecule has 14 heteroatoms. The number of sulfonamides is 1. The lowest BCUT2D eigenvalue weighted by atomic mass is 10.2. The Balaban J connectivity index is 1.44. The molecule has 4 rings (SSSR count). The maximum atomic E-state index is 13.0. The minimum absolute atomic E-state index is 0.00656. The van der Waals surface area contributed by atoms with Crippen LogP contribution in [-0.4, -0.2) is 49.0 Å². The number of halogens is 4. The molecule has 0 amide bonds. The van der Waals surface area contributed by atoms with Crippen LogP contribution in [0.15, 0.2) is 61.1 Å². The highest BCUT2D eigenvalue weighted by molar-refractivity contribution is 7.88. The van der Waals surface area contributed by atoms with Gasteiger partial charge in [0, 0.05) is 25.0 Å². The van der Waals surface area contributed by atoms with E-state index in [1.54, 1.807) is 18.2 Å². The molecule has 0 radical (unpaired) electrons. The third kappa shape index (κ3) is 7.34. The van der Waals surface area contributed by atoms with E-state index in [0.717, 1.165) is 18.4 Å². The van der Waals surface area contributed by atoms with Crippen LogP contribution >= 0.6 is 11.6 Å². The molecular weight excluding hydrogens is 547 g/mol. The van der Waals surface area contributed by atoms with Crippen LogP contribution < -0.4 is 14.8 Å². The number of fused-ring (bicyclic) bond motifs is 1. The Morgan fingerprint density at radius 3 is 2.63 bits per heavy atom. The average Bonchev–Trinajstić information content (AvgIpc) is 3.26. The van der Waals surface area contributed by atoms with Gasteiger partial charge in [-0.05, 0) is 42.5 Å². The summed E-state index contributed by atoms with van der Waals surface area (Å²) in [5.41, 5.74) is 1.15. The largest absolute Gasteiger partial charge is 0.456 e. The number of hydrogen-bond acceptors (Lipinski definition) is 7. The van der Waals surface area contributed by atoms with Crippen molar-refractivity contribution in [2.24, 2.45) is 0 Å². The van der Waals surface area contributed by atoms with E-state index in [-0.39, 0.29) is 29.7 Å². The van der Waals surface area contributed by atoms with Gasteiger partial charge in [0.2, 0.25) is 10.0 Å². The first-order chi connectivity index (χ1) is 18.0. The monoisotopic (exact) mass is 569 g/mol. The zero-order chi connectivity index (χ0) is 27.3. The molecule has 0 aliphatic heterocycles. The van der Waals surface area contributed by atoms with Gasteiger partial charge in [0.15, 0.2) is 5.82 Å². The van der Waals surface area contributed by atoms with Crippen LogP contribution in [0.5, 0.6) is 11.5 Å². The summed E-state index contributed by atoms with van der Waals surface area (Å²) in [7, 11) is -3.27. The molecule has 0 saturated carbocycles. The number of hydrogen-bond donors (Lipinski definition) is 2. The minimum atomic E-state index is -4.49. The summed E-state index contributed by atoms with van der Waals surface area (Å²) in [6.45, 7) is 1.20. The van der Waals surface area contributed by atoms with Gasteiger partial charge in [0.25, 0.3) is 0 Å². The smallest absolute Gasteiger partial charge is 0.416 e. The van der Waals surface area contributed by atoms with Crippen molar-refractivity contribution in [3.63, 3.8) is 0 Å². The van der Waals surface area contributed by atoms with Crippen molar-refractivity contribution in [3.8, 4) is 11.5 Å². The Labute approximate surface area is 221 Å². The van der Waals surface area contributed by atoms with Gasteiger partial charge in [-0.3, -0.25) is 0 Å². The summed E-state index contributed by atoms with van der Waals surface area (Å²) >= 11 is 6.36. The molecule has 0 aliphatic rings. The molecule has 0 atom stereocenters. The molecule has 0 bridgehead atoms. The number of anilines is 2. The Morgan fingerprint density at radius 2 is 1.89 bits per heavy atom. The number of nitrogens with zero attached hydrogens (tertiary/aromatic N) is 3. The summed E-state index contributed by atoms with van der Waals surface area (Å²) in [4.78, 5) is 8.61. The number of rotatable bonds is 11. The molecule has 9 nitrogen and oxygen atoms in total. The van der Waals surface area contributed by atoms with Crippen LogP contribution in [0.1, 0.15) is 5.56 Å². The second-order valence-electron chi connectivity index (χ2n) is 8.14. The Hall–Kier alpha value is -3.39. The molecule has 0 spiro atoms. The van der Waals surface area contributed by atoms with Crippen molar-refractivity contribution in [2.75, 3.05) is 31.3 Å². The zero-order valence-corrected chi connectivity index (χ0v) is 21.6. The predicted molar refractivity (Wildman–Crippen MR) is 137 cm³/mol. The summed E-state index contributed by atoms with van der Waals surface area (Å²) < 4.78 is 76.5. The lowest BCUT2D eigenvalue weighted by Crippen LogP contribution is -2.26. The Morgan fingerprint density at radius 1 is 1.08 bits per heavy atom. The van der Waals surface area contributed by atoms with Gasteiger partial charge in [-0.15, -0.1) is 0 Å². The molecule has 0 aliphatic carbocycles. The normalized spacial score (nSPS) is 12.1. The van der Waals surface area contributed by atoms with Crippen LogP contribution in [0, 0.1) is 0 Å². The second-order valence-corrected chi connectivity index (χ2v) is 10.4. The lowest BCUT2D eigenvalue weighted by Gasteiger charge is -2.13. The lowest BCUT2D eigenvalue weighted by molar-refractivity contribution is -0.137. The fourth-order valence-electron chi connectivity index (χ4n) is 3.54. The van der Waals surface area contributed by atoms with Crippen LogP contribution in [0.4, 0.5) is 24.7 Å². The number of ether oxygens (including phenoxy) is 2. The van der Waals surface area contributed by atoms with E-state index >= 15 is 0 Å². The highest BCUT2D eigenvalue weighted by Gasteiger charge is 2.30. The Kier molecular flexibility index (Phi) is 8.41. The number of benzene rings is 2. The average molecular weight is 570 g/mol.